The highest BCUT2D eigenvalue weighted by atomic mass is 16.4. The van der Waals surface area contributed by atoms with Crippen LogP contribution in [0.25, 0.3) is 0 Å². The largest absolute Gasteiger partial charge is 0.547 e. The summed E-state index contributed by atoms with van der Waals surface area (Å²) >= 11 is 0. The molecule has 0 saturated carbocycles. The zero-order valence-corrected chi connectivity index (χ0v) is 52.5. The first-order valence-electron chi connectivity index (χ1n) is 29.1. The number of aromatic nitrogens is 3. The Labute approximate surface area is 524 Å². The van der Waals surface area contributed by atoms with Crippen LogP contribution in [0.2, 0.25) is 0 Å². The fourth-order valence-electron chi connectivity index (χ4n) is 10.4. The Morgan fingerprint density at radius 1 is 0.389 bits per heavy atom. The van der Waals surface area contributed by atoms with Gasteiger partial charge in [0, 0.05) is 106 Å². The summed E-state index contributed by atoms with van der Waals surface area (Å²) in [5, 5.41) is 72.5. The highest BCUT2D eigenvalue weighted by Crippen LogP contribution is 2.41. The SMILES string of the molecule is CC(O)C(=O)[O-].CC(O)C(=O)[O-].CC(O)C(=O)[O-].C[N+]1=C(C=CNc2ccc(Nc3nc(Nc4ccc(NC=CC5=[N+](C)c6ccccc6C5(C)C)cc4)nc(Nc4ccc(NC=CC5=[N+](C)c6ccccc6C5(C)C)cc4)n3)cc2)C(C)(C)c2ccccc21. The van der Waals surface area contributed by atoms with E-state index in [9.17, 15) is 29.7 Å². The number of hydrogen-bond acceptors (Lipinski definition) is 18. The Bertz CT molecular complexity index is 3510. The summed E-state index contributed by atoms with van der Waals surface area (Å²) in [6.45, 7) is 17.0. The second-order valence-corrected chi connectivity index (χ2v) is 23.1. The molecule has 468 valence electrons. The number of carbonyl (C=O) groups excluding carboxylic acids is 3. The van der Waals surface area contributed by atoms with E-state index in [0.717, 1.165) is 54.9 Å². The molecule has 3 aliphatic rings. The summed E-state index contributed by atoms with van der Waals surface area (Å²) in [5.74, 6) is -3.17. The normalized spacial score (nSPS) is 15.6. The maximum Gasteiger partial charge on any atom is 0.233 e. The molecule has 4 heterocycles. The van der Waals surface area contributed by atoms with E-state index in [4.69, 9.17) is 30.3 Å². The number of benzene rings is 6. The third kappa shape index (κ3) is 16.4. The van der Waals surface area contributed by atoms with Crippen molar-refractivity contribution in [3.8, 4) is 0 Å². The van der Waals surface area contributed by atoms with E-state index in [2.05, 4.69) is 199 Å². The van der Waals surface area contributed by atoms with Crippen molar-refractivity contribution in [2.24, 2.45) is 0 Å². The van der Waals surface area contributed by atoms with E-state index in [0.29, 0.717) is 17.8 Å². The standard InChI is InChI=1S/C60H60N12.3C3H6O3/c1-58(2)46-16-10-13-19-49(46)70(7)52(58)34-37-61-40-22-28-43(29-23-40)64-55-67-56(65-44-30-24-41(25-31-44)62-38-35-53-59(3,4)47-17-11-14-20-50(47)71(53)8)69-57(68-55)66-45-32-26-42(27-33-45)63-39-36-54-60(5,6)48-18-12-15-21-51(48)72(54)9;3*1-2(4)3(5)6/h10-39H,1-9H3,(H3,64,65,66,67,68,69);3*2,4H,1H3,(H,5,6). The first kappa shape index (κ1) is 67.2. The minimum absolute atomic E-state index is 0.102. The molecule has 0 aliphatic carbocycles. The number of carboxylic acid groups (broad SMARTS) is 3. The van der Waals surface area contributed by atoms with Crippen LogP contribution in [0, 0.1) is 0 Å². The molecule has 7 aromatic rings. The van der Waals surface area contributed by atoms with Crippen LogP contribution in [0.1, 0.15) is 79.0 Å². The first-order valence-corrected chi connectivity index (χ1v) is 29.1. The van der Waals surface area contributed by atoms with E-state index in [1.54, 1.807) is 0 Å². The maximum atomic E-state index is 9.34. The number of rotatable bonds is 18. The van der Waals surface area contributed by atoms with Gasteiger partial charge in [0.1, 0.15) is 21.1 Å². The molecule has 21 nitrogen and oxygen atoms in total. The molecule has 9 N–H and O–H groups in total. The van der Waals surface area contributed by atoms with Crippen molar-refractivity contribution in [1.82, 2.24) is 15.0 Å². The van der Waals surface area contributed by atoms with Gasteiger partial charge in [-0.3, -0.25) is 0 Å². The highest BCUT2D eigenvalue weighted by Gasteiger charge is 2.44. The molecule has 0 spiro atoms. The monoisotopic (exact) mass is 1220 g/mol. The maximum absolute atomic E-state index is 9.34. The van der Waals surface area contributed by atoms with E-state index in [1.807, 2.05) is 91.4 Å². The number of aliphatic hydroxyl groups excluding tert-OH is 3. The zero-order chi connectivity index (χ0) is 65.7. The van der Waals surface area contributed by atoms with E-state index in [1.165, 1.54) is 50.9 Å². The number of anilines is 9. The van der Waals surface area contributed by atoms with Crippen molar-refractivity contribution in [2.75, 3.05) is 53.0 Å². The molecule has 3 atom stereocenters. The van der Waals surface area contributed by atoms with Crippen molar-refractivity contribution in [3.63, 3.8) is 0 Å². The number of para-hydroxylation sites is 3. The van der Waals surface area contributed by atoms with Crippen molar-refractivity contribution in [1.29, 1.82) is 0 Å². The lowest BCUT2D eigenvalue weighted by Gasteiger charge is -2.15. The van der Waals surface area contributed by atoms with Crippen molar-refractivity contribution < 1.29 is 58.7 Å². The molecule has 3 unspecified atom stereocenters. The number of allylic oxidation sites excluding steroid dienone is 3. The molecule has 0 bridgehead atoms. The Hall–Kier alpha value is -10.4. The van der Waals surface area contributed by atoms with Crippen LogP contribution in [-0.4, -0.2) is 118 Å². The molecule has 6 aromatic carbocycles. The van der Waals surface area contributed by atoms with Crippen LogP contribution in [0.15, 0.2) is 182 Å². The van der Waals surface area contributed by atoms with Crippen LogP contribution in [-0.2, 0) is 30.6 Å². The van der Waals surface area contributed by atoms with Gasteiger partial charge in [-0.25, -0.2) is 0 Å². The van der Waals surface area contributed by atoms with Gasteiger partial charge in [0.2, 0.25) is 34.9 Å². The summed E-state index contributed by atoms with van der Waals surface area (Å²) in [6.07, 6.45) is 8.46. The molecule has 1 aromatic heterocycles. The summed E-state index contributed by atoms with van der Waals surface area (Å²) < 4.78 is 6.80. The number of nitrogens with zero attached hydrogens (tertiary/aromatic N) is 6. The van der Waals surface area contributed by atoms with Crippen LogP contribution in [0.3, 0.4) is 0 Å². The number of aliphatic hydroxyl groups is 3. The molecular weight excluding hydrogens is 1140 g/mol. The van der Waals surface area contributed by atoms with Crippen molar-refractivity contribution in [2.45, 2.75) is 96.9 Å². The van der Waals surface area contributed by atoms with Crippen LogP contribution >= 0.6 is 0 Å². The highest BCUT2D eigenvalue weighted by molar-refractivity contribution is 6.04. The minimum atomic E-state index is -1.44. The molecule has 10 rings (SSSR count). The van der Waals surface area contributed by atoms with Gasteiger partial charge in [-0.05, 0) is 135 Å². The summed E-state index contributed by atoms with van der Waals surface area (Å²) in [7, 11) is 6.38. The summed E-state index contributed by atoms with van der Waals surface area (Å²) in [4.78, 5) is 42.4. The topological polar surface area (TPSA) is 301 Å². The third-order valence-corrected chi connectivity index (χ3v) is 15.4. The van der Waals surface area contributed by atoms with Gasteiger partial charge in [-0.15, -0.1) is 0 Å². The van der Waals surface area contributed by atoms with Gasteiger partial charge in [-0.1, -0.05) is 54.6 Å². The molecule has 0 amide bonds. The smallest absolute Gasteiger partial charge is 0.233 e. The minimum Gasteiger partial charge on any atom is -0.547 e. The summed E-state index contributed by atoms with van der Waals surface area (Å²) in [6, 6.07) is 49.9. The lowest BCUT2D eigenvalue weighted by molar-refractivity contribution is -0.401. The number of carboxylic acids is 3. The van der Waals surface area contributed by atoms with Gasteiger partial charge >= 0.3 is 0 Å². The number of nitrogens with one attached hydrogen (secondary N) is 6. The molecule has 0 radical (unpaired) electrons. The Balaban J connectivity index is 0.000000561. The summed E-state index contributed by atoms with van der Waals surface area (Å²) in [5.41, 5.74) is 16.4. The Morgan fingerprint density at radius 3 is 0.789 bits per heavy atom. The van der Waals surface area contributed by atoms with Crippen molar-refractivity contribution in [3.05, 3.63) is 199 Å². The quantitative estimate of drug-likeness (QED) is 0.0379. The third-order valence-electron chi connectivity index (χ3n) is 15.4. The fourth-order valence-corrected chi connectivity index (χ4v) is 10.4. The van der Waals surface area contributed by atoms with E-state index < -0.39 is 36.2 Å². The van der Waals surface area contributed by atoms with Gasteiger partial charge in [0.25, 0.3) is 0 Å². The molecular formula is C69H78N12O9. The predicted molar refractivity (Wildman–Crippen MR) is 348 cm³/mol. The lowest BCUT2D eigenvalue weighted by atomic mass is 9.81. The average molecular weight is 1220 g/mol. The predicted octanol–water partition coefficient (Wildman–Crippen LogP) is 7.35. The van der Waals surface area contributed by atoms with E-state index >= 15 is 0 Å². The molecule has 90 heavy (non-hydrogen) atoms. The fraction of sp³-hybridized carbons (Fsp3) is 0.261. The molecule has 3 aliphatic heterocycles. The molecule has 0 fully saturated rings. The van der Waals surface area contributed by atoms with Crippen LogP contribution in [0.5, 0.6) is 0 Å². The lowest BCUT2D eigenvalue weighted by Crippen LogP contribution is -2.32. The van der Waals surface area contributed by atoms with Gasteiger partial charge in [0.15, 0.2) is 17.1 Å². The Morgan fingerprint density at radius 2 is 0.589 bits per heavy atom. The van der Waals surface area contributed by atoms with Crippen LogP contribution < -0.4 is 47.2 Å². The van der Waals surface area contributed by atoms with Gasteiger partial charge in [0.05, 0.1) is 52.5 Å². The number of fused-ring (bicyclic) bond motifs is 3. The van der Waals surface area contributed by atoms with E-state index in [-0.39, 0.29) is 16.2 Å². The molecule has 0 saturated heterocycles. The van der Waals surface area contributed by atoms with Crippen LogP contribution in [0.4, 0.5) is 69.0 Å². The number of aliphatic carboxylic acids is 3. The molecule has 21 heteroatoms. The second-order valence-electron chi connectivity index (χ2n) is 23.1. The second kappa shape index (κ2) is 29.1. The van der Waals surface area contributed by atoms with Gasteiger partial charge in [-0.2, -0.15) is 28.7 Å². The number of hydrogen-bond donors (Lipinski definition) is 9. The number of carbonyl (C=O) groups is 3. The first-order chi connectivity index (χ1) is 42.6. The average Bonchev–Trinajstić information content (AvgIpc) is 1.63. The van der Waals surface area contributed by atoms with Gasteiger partial charge < -0.3 is 76.9 Å². The zero-order valence-electron chi connectivity index (χ0n) is 52.5. The van der Waals surface area contributed by atoms with Crippen molar-refractivity contribution >= 4 is 104 Å². The Kier molecular flexibility index (Phi) is 21.7.